The van der Waals surface area contributed by atoms with Crippen LogP contribution >= 0.6 is 11.8 Å². The Balaban J connectivity index is 2.38. The molecular weight excluding hydrogens is 356 g/mol. The molecule has 0 saturated carbocycles. The van der Waals surface area contributed by atoms with Crippen molar-refractivity contribution in [1.29, 1.82) is 0 Å². The molecule has 0 bridgehead atoms. The van der Waals surface area contributed by atoms with Gasteiger partial charge >= 0.3 is 0 Å². The molecule has 2 rings (SSSR count). The lowest BCUT2D eigenvalue weighted by molar-refractivity contribution is -0.387. The zero-order chi connectivity index (χ0) is 19.1. The number of para-hydroxylation sites is 1. The summed E-state index contributed by atoms with van der Waals surface area (Å²) in [5.41, 5.74) is 0.392. The normalized spacial score (nSPS) is 10.4. The molecular formula is C18H20N2O5S. The van der Waals surface area contributed by atoms with Crippen molar-refractivity contribution in [3.8, 4) is 5.75 Å². The summed E-state index contributed by atoms with van der Waals surface area (Å²) in [6.45, 7) is 0.359. The third kappa shape index (κ3) is 4.96. The molecule has 0 saturated heterocycles. The Kier molecular flexibility index (Phi) is 6.99. The SMILES string of the molecule is CN(C)C(=O)c1cc(OCCCO)ccc1Sc1ccccc1[N+](=O)[O-]. The second kappa shape index (κ2) is 9.21. The maximum absolute atomic E-state index is 12.5. The van der Waals surface area contributed by atoms with Gasteiger partial charge in [-0.3, -0.25) is 14.9 Å². The van der Waals surface area contributed by atoms with E-state index in [1.54, 1.807) is 50.5 Å². The topological polar surface area (TPSA) is 92.9 Å². The van der Waals surface area contributed by atoms with Crippen molar-refractivity contribution in [2.75, 3.05) is 27.3 Å². The van der Waals surface area contributed by atoms with Gasteiger partial charge in [0.1, 0.15) is 5.75 Å². The van der Waals surface area contributed by atoms with Gasteiger partial charge in [-0.1, -0.05) is 23.9 Å². The summed E-state index contributed by atoms with van der Waals surface area (Å²) in [6, 6.07) is 11.5. The van der Waals surface area contributed by atoms with Crippen LogP contribution in [0.5, 0.6) is 5.75 Å². The van der Waals surface area contributed by atoms with E-state index < -0.39 is 4.92 Å². The first-order chi connectivity index (χ1) is 12.4. The Bertz CT molecular complexity index is 795. The minimum Gasteiger partial charge on any atom is -0.493 e. The van der Waals surface area contributed by atoms with Gasteiger partial charge in [-0.05, 0) is 24.3 Å². The van der Waals surface area contributed by atoms with E-state index in [1.807, 2.05) is 0 Å². The quantitative estimate of drug-likeness (QED) is 0.432. The van der Waals surface area contributed by atoms with Crippen LogP contribution in [-0.4, -0.2) is 48.1 Å². The first kappa shape index (κ1) is 19.7. The molecule has 0 heterocycles. The first-order valence-corrected chi connectivity index (χ1v) is 8.76. The van der Waals surface area contributed by atoms with Gasteiger partial charge in [0, 0.05) is 38.1 Å². The molecule has 0 radical (unpaired) electrons. The lowest BCUT2D eigenvalue weighted by atomic mass is 10.2. The molecule has 0 aliphatic rings. The number of ether oxygens (including phenoxy) is 1. The fraction of sp³-hybridized carbons (Fsp3) is 0.278. The highest BCUT2D eigenvalue weighted by Crippen LogP contribution is 2.37. The highest BCUT2D eigenvalue weighted by Gasteiger charge is 2.19. The summed E-state index contributed by atoms with van der Waals surface area (Å²) >= 11 is 1.17. The number of nitro groups is 1. The smallest absolute Gasteiger partial charge is 0.283 e. The van der Waals surface area contributed by atoms with Crippen LogP contribution < -0.4 is 4.74 Å². The number of aliphatic hydroxyl groups is 1. The first-order valence-electron chi connectivity index (χ1n) is 7.94. The van der Waals surface area contributed by atoms with Crippen molar-refractivity contribution >= 4 is 23.4 Å². The van der Waals surface area contributed by atoms with E-state index in [-0.39, 0.29) is 18.2 Å². The van der Waals surface area contributed by atoms with Crippen LogP contribution in [0.2, 0.25) is 0 Å². The predicted octanol–water partition coefficient (Wildman–Crippen LogP) is 3.21. The van der Waals surface area contributed by atoms with Crippen LogP contribution in [-0.2, 0) is 0 Å². The number of aliphatic hydroxyl groups excluding tert-OH is 1. The number of amides is 1. The summed E-state index contributed by atoms with van der Waals surface area (Å²) in [6.07, 6.45) is 0.490. The van der Waals surface area contributed by atoms with Gasteiger partial charge in [0.05, 0.1) is 22.0 Å². The average Bonchev–Trinajstić information content (AvgIpc) is 2.62. The molecule has 0 unspecified atom stereocenters. The Morgan fingerprint density at radius 3 is 2.62 bits per heavy atom. The molecule has 1 N–H and O–H groups in total. The zero-order valence-electron chi connectivity index (χ0n) is 14.5. The molecule has 26 heavy (non-hydrogen) atoms. The van der Waals surface area contributed by atoms with Crippen molar-refractivity contribution in [3.05, 3.63) is 58.1 Å². The Morgan fingerprint density at radius 1 is 1.23 bits per heavy atom. The monoisotopic (exact) mass is 376 g/mol. The minimum atomic E-state index is -0.442. The van der Waals surface area contributed by atoms with Crippen molar-refractivity contribution in [3.63, 3.8) is 0 Å². The summed E-state index contributed by atoms with van der Waals surface area (Å²) in [7, 11) is 3.28. The fourth-order valence-corrected chi connectivity index (χ4v) is 3.19. The molecule has 2 aromatic rings. The van der Waals surface area contributed by atoms with Crippen LogP contribution in [0, 0.1) is 10.1 Å². The van der Waals surface area contributed by atoms with Gasteiger partial charge in [0.15, 0.2) is 0 Å². The van der Waals surface area contributed by atoms with E-state index >= 15 is 0 Å². The number of hydrogen-bond acceptors (Lipinski definition) is 6. The van der Waals surface area contributed by atoms with Crippen LogP contribution in [0.3, 0.4) is 0 Å². The van der Waals surface area contributed by atoms with Crippen LogP contribution in [0.1, 0.15) is 16.8 Å². The Morgan fingerprint density at radius 2 is 1.96 bits per heavy atom. The Labute approximate surface area is 155 Å². The number of carbonyl (C=O) groups is 1. The number of benzene rings is 2. The fourth-order valence-electron chi connectivity index (χ4n) is 2.16. The number of rotatable bonds is 8. The number of hydrogen-bond donors (Lipinski definition) is 1. The largest absolute Gasteiger partial charge is 0.493 e. The zero-order valence-corrected chi connectivity index (χ0v) is 15.4. The van der Waals surface area contributed by atoms with E-state index in [4.69, 9.17) is 9.84 Å². The molecule has 0 aromatic heterocycles. The summed E-state index contributed by atoms with van der Waals surface area (Å²) in [5, 5.41) is 20.1. The molecule has 8 heteroatoms. The van der Waals surface area contributed by atoms with E-state index in [1.165, 1.54) is 22.7 Å². The summed E-state index contributed by atoms with van der Waals surface area (Å²) < 4.78 is 5.54. The van der Waals surface area contributed by atoms with Gasteiger partial charge in [-0.15, -0.1) is 0 Å². The molecule has 0 fully saturated rings. The molecule has 7 nitrogen and oxygen atoms in total. The number of nitro benzene ring substituents is 1. The summed E-state index contributed by atoms with van der Waals surface area (Å²) in [5.74, 6) is 0.286. The van der Waals surface area contributed by atoms with E-state index in [9.17, 15) is 14.9 Å². The summed E-state index contributed by atoms with van der Waals surface area (Å²) in [4.78, 5) is 25.8. The van der Waals surface area contributed by atoms with E-state index in [2.05, 4.69) is 0 Å². The molecule has 0 spiro atoms. The molecule has 0 aliphatic carbocycles. The van der Waals surface area contributed by atoms with Gasteiger partial charge in [-0.25, -0.2) is 0 Å². The van der Waals surface area contributed by atoms with Gasteiger partial charge < -0.3 is 14.7 Å². The lowest BCUT2D eigenvalue weighted by Crippen LogP contribution is -2.22. The van der Waals surface area contributed by atoms with Crippen LogP contribution in [0.4, 0.5) is 5.69 Å². The lowest BCUT2D eigenvalue weighted by Gasteiger charge is -2.15. The third-order valence-electron chi connectivity index (χ3n) is 3.44. The maximum Gasteiger partial charge on any atom is 0.283 e. The van der Waals surface area contributed by atoms with Crippen LogP contribution in [0.25, 0.3) is 0 Å². The maximum atomic E-state index is 12.5. The van der Waals surface area contributed by atoms with Gasteiger partial charge in [0.2, 0.25) is 0 Å². The van der Waals surface area contributed by atoms with Gasteiger partial charge in [0.25, 0.3) is 11.6 Å². The molecule has 2 aromatic carbocycles. The van der Waals surface area contributed by atoms with E-state index in [0.717, 1.165) is 0 Å². The predicted molar refractivity (Wildman–Crippen MR) is 98.9 cm³/mol. The van der Waals surface area contributed by atoms with Gasteiger partial charge in [-0.2, -0.15) is 0 Å². The van der Waals surface area contributed by atoms with Crippen molar-refractivity contribution < 1.29 is 19.6 Å². The third-order valence-corrected chi connectivity index (χ3v) is 4.58. The van der Waals surface area contributed by atoms with Crippen LogP contribution in [0.15, 0.2) is 52.3 Å². The average molecular weight is 376 g/mol. The van der Waals surface area contributed by atoms with Crippen molar-refractivity contribution in [2.24, 2.45) is 0 Å². The van der Waals surface area contributed by atoms with Crippen molar-refractivity contribution in [2.45, 2.75) is 16.2 Å². The highest BCUT2D eigenvalue weighted by molar-refractivity contribution is 7.99. The molecule has 138 valence electrons. The number of nitrogens with zero attached hydrogens (tertiary/aromatic N) is 2. The second-order valence-corrected chi connectivity index (χ2v) is 6.69. The second-order valence-electron chi connectivity index (χ2n) is 5.61. The van der Waals surface area contributed by atoms with Crippen molar-refractivity contribution in [1.82, 2.24) is 4.90 Å². The molecule has 1 amide bonds. The molecule has 0 aliphatic heterocycles. The standard InChI is InChI=1S/C18H20N2O5S/c1-19(2)18(22)14-12-13(25-11-5-10-21)8-9-16(14)26-17-7-4-3-6-15(17)20(23)24/h3-4,6-9,12,21H,5,10-11H2,1-2H3. The Hall–Kier alpha value is -2.58. The number of carbonyl (C=O) groups excluding carboxylic acids is 1. The molecule has 0 atom stereocenters. The highest BCUT2D eigenvalue weighted by atomic mass is 32.2. The van der Waals surface area contributed by atoms with E-state index in [0.29, 0.717) is 34.1 Å². The minimum absolute atomic E-state index is 0.0102.